The second-order valence-corrected chi connectivity index (χ2v) is 4.04. The van der Waals surface area contributed by atoms with Gasteiger partial charge in [0.2, 0.25) is 0 Å². The molecule has 16 heavy (non-hydrogen) atoms. The standard InChI is InChI=1S/C11H15N5/c1-7(2)9-4-5-16(15-9)11-6-10(12)13-8(3)14-11/h4-7H,1-3H3,(H2,12,13,14). The molecular formula is C11H15N5. The van der Waals surface area contributed by atoms with Crippen LogP contribution >= 0.6 is 0 Å². The van der Waals surface area contributed by atoms with Gasteiger partial charge in [0.15, 0.2) is 5.82 Å². The first kappa shape index (κ1) is 10.6. The summed E-state index contributed by atoms with van der Waals surface area (Å²) in [6.07, 6.45) is 1.89. The van der Waals surface area contributed by atoms with E-state index in [1.54, 1.807) is 10.7 Å². The normalized spacial score (nSPS) is 11.0. The Kier molecular flexibility index (Phi) is 2.60. The average Bonchev–Trinajstić information content (AvgIpc) is 2.64. The molecule has 0 aliphatic rings. The minimum atomic E-state index is 0.404. The molecule has 0 aliphatic carbocycles. The molecule has 0 saturated heterocycles. The molecule has 5 nitrogen and oxygen atoms in total. The van der Waals surface area contributed by atoms with Crippen LogP contribution in [0, 0.1) is 6.92 Å². The van der Waals surface area contributed by atoms with Crippen LogP contribution in [0.4, 0.5) is 5.82 Å². The molecule has 2 N–H and O–H groups in total. The monoisotopic (exact) mass is 217 g/mol. The number of nitrogens with two attached hydrogens (primary N) is 1. The minimum absolute atomic E-state index is 0.404. The van der Waals surface area contributed by atoms with Gasteiger partial charge in [-0.05, 0) is 18.9 Å². The predicted molar refractivity (Wildman–Crippen MR) is 62.4 cm³/mol. The number of nitrogens with zero attached hydrogens (tertiary/aromatic N) is 4. The van der Waals surface area contributed by atoms with Gasteiger partial charge < -0.3 is 5.73 Å². The van der Waals surface area contributed by atoms with Gasteiger partial charge >= 0.3 is 0 Å². The highest BCUT2D eigenvalue weighted by molar-refractivity contribution is 5.36. The fraction of sp³-hybridized carbons (Fsp3) is 0.364. The second-order valence-electron chi connectivity index (χ2n) is 4.04. The molecule has 0 aliphatic heterocycles. The third kappa shape index (κ3) is 2.03. The lowest BCUT2D eigenvalue weighted by molar-refractivity contribution is 0.753. The van der Waals surface area contributed by atoms with Crippen LogP contribution in [-0.4, -0.2) is 19.7 Å². The Morgan fingerprint density at radius 2 is 2.06 bits per heavy atom. The van der Waals surface area contributed by atoms with Crippen molar-refractivity contribution in [2.24, 2.45) is 0 Å². The number of rotatable bonds is 2. The van der Waals surface area contributed by atoms with Gasteiger partial charge in [-0.25, -0.2) is 14.6 Å². The van der Waals surface area contributed by atoms with Crippen LogP contribution in [-0.2, 0) is 0 Å². The number of aryl methyl sites for hydroxylation is 1. The van der Waals surface area contributed by atoms with Crippen LogP contribution in [0.5, 0.6) is 0 Å². The number of hydrogen-bond acceptors (Lipinski definition) is 4. The molecule has 2 rings (SSSR count). The van der Waals surface area contributed by atoms with Gasteiger partial charge in [0, 0.05) is 12.3 Å². The number of aromatic nitrogens is 4. The molecular weight excluding hydrogens is 202 g/mol. The zero-order valence-corrected chi connectivity index (χ0v) is 9.68. The molecule has 0 radical (unpaired) electrons. The lowest BCUT2D eigenvalue weighted by atomic mass is 10.1. The van der Waals surface area contributed by atoms with E-state index in [-0.39, 0.29) is 0 Å². The topological polar surface area (TPSA) is 69.6 Å². The largest absolute Gasteiger partial charge is 0.384 e. The van der Waals surface area contributed by atoms with Gasteiger partial charge in [-0.3, -0.25) is 0 Å². The minimum Gasteiger partial charge on any atom is -0.384 e. The maximum Gasteiger partial charge on any atom is 0.159 e. The molecule has 2 aromatic rings. The Balaban J connectivity index is 2.42. The Morgan fingerprint density at radius 1 is 1.31 bits per heavy atom. The van der Waals surface area contributed by atoms with Crippen molar-refractivity contribution in [1.82, 2.24) is 19.7 Å². The van der Waals surface area contributed by atoms with Crippen molar-refractivity contribution in [3.63, 3.8) is 0 Å². The van der Waals surface area contributed by atoms with E-state index < -0.39 is 0 Å². The van der Waals surface area contributed by atoms with E-state index in [2.05, 4.69) is 28.9 Å². The molecule has 84 valence electrons. The van der Waals surface area contributed by atoms with Crippen LogP contribution < -0.4 is 5.73 Å². The van der Waals surface area contributed by atoms with E-state index in [0.29, 0.717) is 23.4 Å². The van der Waals surface area contributed by atoms with Crippen molar-refractivity contribution in [3.05, 3.63) is 29.8 Å². The maximum absolute atomic E-state index is 5.67. The van der Waals surface area contributed by atoms with E-state index in [9.17, 15) is 0 Å². The van der Waals surface area contributed by atoms with Gasteiger partial charge in [0.1, 0.15) is 11.6 Å². The van der Waals surface area contributed by atoms with Gasteiger partial charge in [0.25, 0.3) is 0 Å². The summed E-state index contributed by atoms with van der Waals surface area (Å²) in [6.45, 7) is 6.02. The van der Waals surface area contributed by atoms with Gasteiger partial charge in [-0.15, -0.1) is 0 Å². The molecule has 0 bridgehead atoms. The molecule has 0 atom stereocenters. The Hall–Kier alpha value is -1.91. The smallest absolute Gasteiger partial charge is 0.159 e. The Morgan fingerprint density at radius 3 is 2.62 bits per heavy atom. The summed E-state index contributed by atoms with van der Waals surface area (Å²) in [4.78, 5) is 8.31. The molecule has 2 heterocycles. The summed E-state index contributed by atoms with van der Waals surface area (Å²) >= 11 is 0. The van der Waals surface area contributed by atoms with E-state index in [1.807, 2.05) is 19.2 Å². The van der Waals surface area contributed by atoms with E-state index in [4.69, 9.17) is 5.73 Å². The van der Waals surface area contributed by atoms with Gasteiger partial charge in [-0.1, -0.05) is 13.8 Å². The highest BCUT2D eigenvalue weighted by atomic mass is 15.3. The molecule has 0 fully saturated rings. The van der Waals surface area contributed by atoms with E-state index in [0.717, 1.165) is 5.69 Å². The molecule has 2 aromatic heterocycles. The molecule has 0 amide bonds. The molecule has 5 heteroatoms. The molecule has 0 aromatic carbocycles. The third-order valence-electron chi connectivity index (χ3n) is 2.28. The van der Waals surface area contributed by atoms with Crippen molar-refractivity contribution < 1.29 is 0 Å². The van der Waals surface area contributed by atoms with Crippen molar-refractivity contribution in [3.8, 4) is 5.82 Å². The Bertz CT molecular complexity index is 481. The first-order chi connectivity index (χ1) is 7.56. The van der Waals surface area contributed by atoms with Crippen LogP contribution in [0.15, 0.2) is 18.3 Å². The first-order valence-corrected chi connectivity index (χ1v) is 5.23. The summed E-state index contributed by atoms with van der Waals surface area (Å²) in [5.74, 6) is 2.22. The highest BCUT2D eigenvalue weighted by Gasteiger charge is 2.06. The lowest BCUT2D eigenvalue weighted by Crippen LogP contribution is -2.04. The summed E-state index contributed by atoms with van der Waals surface area (Å²) < 4.78 is 1.72. The van der Waals surface area contributed by atoms with Crippen LogP contribution in [0.3, 0.4) is 0 Å². The quantitative estimate of drug-likeness (QED) is 0.830. The van der Waals surface area contributed by atoms with Crippen molar-refractivity contribution in [2.45, 2.75) is 26.7 Å². The van der Waals surface area contributed by atoms with Crippen LogP contribution in [0.25, 0.3) is 5.82 Å². The number of nitrogen functional groups attached to an aromatic ring is 1. The lowest BCUT2D eigenvalue weighted by Gasteiger charge is -2.03. The second kappa shape index (κ2) is 3.92. The van der Waals surface area contributed by atoms with Crippen molar-refractivity contribution >= 4 is 5.82 Å². The number of anilines is 1. The summed E-state index contributed by atoms with van der Waals surface area (Å²) in [7, 11) is 0. The zero-order chi connectivity index (χ0) is 11.7. The third-order valence-corrected chi connectivity index (χ3v) is 2.28. The van der Waals surface area contributed by atoms with Gasteiger partial charge in [-0.2, -0.15) is 5.10 Å². The summed E-state index contributed by atoms with van der Waals surface area (Å²) in [5.41, 5.74) is 6.71. The molecule has 0 saturated carbocycles. The predicted octanol–water partition coefficient (Wildman–Crippen LogP) is 1.68. The van der Waals surface area contributed by atoms with E-state index >= 15 is 0 Å². The van der Waals surface area contributed by atoms with E-state index in [1.165, 1.54) is 0 Å². The summed E-state index contributed by atoms with van der Waals surface area (Å²) in [6, 6.07) is 3.70. The van der Waals surface area contributed by atoms with Crippen LogP contribution in [0.1, 0.15) is 31.3 Å². The SMILES string of the molecule is Cc1nc(N)cc(-n2ccc(C(C)C)n2)n1. The fourth-order valence-electron chi connectivity index (χ4n) is 1.47. The Labute approximate surface area is 94.3 Å². The van der Waals surface area contributed by atoms with Crippen molar-refractivity contribution in [1.29, 1.82) is 0 Å². The maximum atomic E-state index is 5.67. The summed E-state index contributed by atoms with van der Waals surface area (Å²) in [5, 5.41) is 4.43. The molecule has 0 spiro atoms. The van der Waals surface area contributed by atoms with Crippen molar-refractivity contribution in [2.75, 3.05) is 5.73 Å². The van der Waals surface area contributed by atoms with Crippen LogP contribution in [0.2, 0.25) is 0 Å². The fourth-order valence-corrected chi connectivity index (χ4v) is 1.47. The highest BCUT2D eigenvalue weighted by Crippen LogP contribution is 2.13. The number of hydrogen-bond donors (Lipinski definition) is 1. The van der Waals surface area contributed by atoms with Gasteiger partial charge in [0.05, 0.1) is 5.69 Å². The molecule has 0 unspecified atom stereocenters. The first-order valence-electron chi connectivity index (χ1n) is 5.23. The average molecular weight is 217 g/mol. The zero-order valence-electron chi connectivity index (χ0n) is 9.68.